The summed E-state index contributed by atoms with van der Waals surface area (Å²) in [6, 6.07) is 7.74. The smallest absolute Gasteiger partial charge is 0.121 e. The Bertz CT molecular complexity index is 720. The second-order valence-corrected chi connectivity index (χ2v) is 4.19. The van der Waals surface area contributed by atoms with Crippen molar-refractivity contribution in [2.75, 3.05) is 0 Å². The number of aldehydes is 1. The molecule has 0 fully saturated rings. The highest BCUT2D eigenvalue weighted by Crippen LogP contribution is 2.18. The van der Waals surface area contributed by atoms with E-state index >= 15 is 0 Å². The maximum atomic E-state index is 10.3. The zero-order chi connectivity index (χ0) is 13.1. The quantitative estimate of drug-likeness (QED) is 0.667. The third kappa shape index (κ3) is 2.35. The molecule has 1 aromatic carbocycles. The molecule has 3 rings (SSSR count). The average Bonchev–Trinajstić information content (AvgIpc) is 2.93. The molecule has 0 N–H and O–H groups in total. The van der Waals surface area contributed by atoms with E-state index < -0.39 is 0 Å². The van der Waals surface area contributed by atoms with Gasteiger partial charge in [-0.05, 0) is 12.1 Å². The van der Waals surface area contributed by atoms with Crippen molar-refractivity contribution in [1.29, 1.82) is 0 Å². The van der Waals surface area contributed by atoms with E-state index in [0.717, 1.165) is 28.6 Å². The molecule has 0 amide bonds. The van der Waals surface area contributed by atoms with E-state index in [1.165, 1.54) is 0 Å². The van der Waals surface area contributed by atoms with Gasteiger partial charge in [0.1, 0.15) is 6.29 Å². The van der Waals surface area contributed by atoms with Gasteiger partial charge in [-0.1, -0.05) is 12.1 Å². The van der Waals surface area contributed by atoms with Crippen LogP contribution >= 0.6 is 0 Å². The number of aromatic nitrogens is 4. The number of hydrogen-bond donors (Lipinski definition) is 0. The molecule has 0 aliphatic carbocycles. The fraction of sp³-hybridized carbons (Fsp3) is 0.143. The van der Waals surface area contributed by atoms with E-state index in [9.17, 15) is 4.79 Å². The van der Waals surface area contributed by atoms with E-state index in [-0.39, 0.29) is 0 Å². The minimum Gasteiger partial charge on any atom is -0.303 e. The standard InChI is InChI=1S/C14H12N4O/c19-7-3-6-18-10-11(8-16-18)14-9-15-12-4-1-2-5-13(12)17-14/h1-2,4-5,7-10H,3,6H2. The first-order valence-corrected chi connectivity index (χ1v) is 6.05. The summed E-state index contributed by atoms with van der Waals surface area (Å²) >= 11 is 0. The van der Waals surface area contributed by atoms with Crippen molar-refractivity contribution >= 4 is 17.3 Å². The molecule has 2 heterocycles. The first-order chi connectivity index (χ1) is 9.36. The molecule has 0 unspecified atom stereocenters. The van der Waals surface area contributed by atoms with Crippen LogP contribution in [0.1, 0.15) is 6.42 Å². The Balaban J connectivity index is 1.94. The number of aryl methyl sites for hydroxylation is 1. The zero-order valence-electron chi connectivity index (χ0n) is 10.2. The Morgan fingerprint density at radius 2 is 2.00 bits per heavy atom. The van der Waals surface area contributed by atoms with Gasteiger partial charge >= 0.3 is 0 Å². The summed E-state index contributed by atoms with van der Waals surface area (Å²) in [5, 5.41) is 4.20. The Labute approximate surface area is 109 Å². The van der Waals surface area contributed by atoms with Gasteiger partial charge < -0.3 is 4.79 Å². The van der Waals surface area contributed by atoms with Crippen LogP contribution in [0.2, 0.25) is 0 Å². The normalized spacial score (nSPS) is 10.7. The van der Waals surface area contributed by atoms with Crippen LogP contribution in [0.15, 0.2) is 42.9 Å². The second-order valence-electron chi connectivity index (χ2n) is 4.19. The lowest BCUT2D eigenvalue weighted by atomic mass is 10.2. The summed E-state index contributed by atoms with van der Waals surface area (Å²) in [4.78, 5) is 19.3. The summed E-state index contributed by atoms with van der Waals surface area (Å²) in [5.74, 6) is 0. The van der Waals surface area contributed by atoms with E-state index in [1.807, 2.05) is 30.5 Å². The van der Waals surface area contributed by atoms with Gasteiger partial charge in [-0.25, -0.2) is 4.98 Å². The van der Waals surface area contributed by atoms with Gasteiger partial charge in [0.25, 0.3) is 0 Å². The number of para-hydroxylation sites is 2. The molecule has 5 nitrogen and oxygen atoms in total. The van der Waals surface area contributed by atoms with Crippen molar-refractivity contribution in [3.05, 3.63) is 42.9 Å². The lowest BCUT2D eigenvalue weighted by molar-refractivity contribution is -0.108. The largest absolute Gasteiger partial charge is 0.303 e. The van der Waals surface area contributed by atoms with Crippen LogP contribution in [0.4, 0.5) is 0 Å². The molecule has 0 saturated carbocycles. The van der Waals surface area contributed by atoms with E-state index in [1.54, 1.807) is 17.1 Å². The van der Waals surface area contributed by atoms with E-state index in [4.69, 9.17) is 0 Å². The molecule has 0 atom stereocenters. The minimum absolute atomic E-state index is 0.463. The molecule has 0 aliphatic heterocycles. The summed E-state index contributed by atoms with van der Waals surface area (Å²) in [6.45, 7) is 0.588. The number of benzene rings is 1. The first-order valence-electron chi connectivity index (χ1n) is 6.05. The van der Waals surface area contributed by atoms with Crippen LogP contribution in [0.25, 0.3) is 22.3 Å². The van der Waals surface area contributed by atoms with Crippen LogP contribution in [0.3, 0.4) is 0 Å². The molecule has 2 aromatic heterocycles. The molecule has 19 heavy (non-hydrogen) atoms. The highest BCUT2D eigenvalue weighted by molar-refractivity contribution is 5.76. The number of hydrogen-bond acceptors (Lipinski definition) is 4. The Morgan fingerprint density at radius 1 is 1.16 bits per heavy atom. The third-order valence-electron chi connectivity index (χ3n) is 2.85. The van der Waals surface area contributed by atoms with Crippen molar-refractivity contribution in [2.24, 2.45) is 0 Å². The predicted molar refractivity (Wildman–Crippen MR) is 71.4 cm³/mol. The van der Waals surface area contributed by atoms with Gasteiger partial charge in [-0.15, -0.1) is 0 Å². The summed E-state index contributed by atoms with van der Waals surface area (Å²) in [7, 11) is 0. The lowest BCUT2D eigenvalue weighted by Crippen LogP contribution is -1.97. The van der Waals surface area contributed by atoms with Gasteiger partial charge in [0.2, 0.25) is 0 Å². The van der Waals surface area contributed by atoms with Crippen LogP contribution in [-0.4, -0.2) is 26.0 Å². The van der Waals surface area contributed by atoms with E-state index in [2.05, 4.69) is 15.1 Å². The van der Waals surface area contributed by atoms with E-state index in [0.29, 0.717) is 13.0 Å². The summed E-state index contributed by atoms with van der Waals surface area (Å²) in [5.41, 5.74) is 3.43. The molecule has 0 bridgehead atoms. The average molecular weight is 252 g/mol. The number of nitrogens with zero attached hydrogens (tertiary/aromatic N) is 4. The Kier molecular flexibility index (Phi) is 3.02. The topological polar surface area (TPSA) is 60.7 Å². The van der Waals surface area contributed by atoms with Crippen molar-refractivity contribution in [2.45, 2.75) is 13.0 Å². The molecule has 0 saturated heterocycles. The van der Waals surface area contributed by atoms with Gasteiger partial charge in [0, 0.05) is 24.7 Å². The maximum absolute atomic E-state index is 10.3. The summed E-state index contributed by atoms with van der Waals surface area (Å²) < 4.78 is 1.74. The molecule has 0 spiro atoms. The monoisotopic (exact) mass is 252 g/mol. The van der Waals surface area contributed by atoms with Crippen LogP contribution in [0, 0.1) is 0 Å². The van der Waals surface area contributed by atoms with Crippen molar-refractivity contribution in [1.82, 2.24) is 19.7 Å². The molecular formula is C14H12N4O. The van der Waals surface area contributed by atoms with Crippen LogP contribution in [0.5, 0.6) is 0 Å². The zero-order valence-corrected chi connectivity index (χ0v) is 10.2. The van der Waals surface area contributed by atoms with Crippen molar-refractivity contribution < 1.29 is 4.79 Å². The van der Waals surface area contributed by atoms with Crippen molar-refractivity contribution in [3.8, 4) is 11.3 Å². The Morgan fingerprint density at radius 3 is 2.84 bits per heavy atom. The molecule has 3 aromatic rings. The fourth-order valence-corrected chi connectivity index (χ4v) is 1.90. The van der Waals surface area contributed by atoms with Gasteiger partial charge in [-0.3, -0.25) is 9.67 Å². The minimum atomic E-state index is 0.463. The summed E-state index contributed by atoms with van der Waals surface area (Å²) in [6.07, 6.45) is 6.71. The van der Waals surface area contributed by atoms with Gasteiger partial charge in [0.05, 0.1) is 29.1 Å². The molecule has 94 valence electrons. The van der Waals surface area contributed by atoms with Gasteiger partial charge in [-0.2, -0.15) is 5.10 Å². The lowest BCUT2D eigenvalue weighted by Gasteiger charge is -1.99. The predicted octanol–water partition coefficient (Wildman–Crippen LogP) is 2.08. The molecule has 0 radical (unpaired) electrons. The first kappa shape index (κ1) is 11.5. The molecular weight excluding hydrogens is 240 g/mol. The van der Waals surface area contributed by atoms with Crippen LogP contribution < -0.4 is 0 Å². The fourth-order valence-electron chi connectivity index (χ4n) is 1.90. The van der Waals surface area contributed by atoms with Crippen LogP contribution in [-0.2, 0) is 11.3 Å². The number of fused-ring (bicyclic) bond motifs is 1. The SMILES string of the molecule is O=CCCn1cc(-c2cnc3ccccc3n2)cn1. The number of carbonyl (C=O) groups is 1. The number of carbonyl (C=O) groups excluding carboxylic acids is 1. The molecule has 0 aliphatic rings. The van der Waals surface area contributed by atoms with Crippen molar-refractivity contribution in [3.63, 3.8) is 0 Å². The second kappa shape index (κ2) is 4.97. The number of rotatable bonds is 4. The highest BCUT2D eigenvalue weighted by atomic mass is 16.1. The third-order valence-corrected chi connectivity index (χ3v) is 2.85. The van der Waals surface area contributed by atoms with Gasteiger partial charge in [0.15, 0.2) is 0 Å². The Hall–Kier alpha value is -2.56. The maximum Gasteiger partial charge on any atom is 0.121 e. The highest BCUT2D eigenvalue weighted by Gasteiger charge is 2.05. The molecule has 5 heteroatoms.